The number of carbonyl (C=O) groups is 1. The summed E-state index contributed by atoms with van der Waals surface area (Å²) in [6.45, 7) is 4.24. The standard InChI is InChI=1S/C24H29N3O5S3/c1-2-31-18-9-10-20-21(14-18)34-24(25-20)27(16-19-7-4-12-32-19)23(28)17-6-3-11-26(15-17)35(29,30)22-8-5-13-33-22/h5,8-10,13-14,17,19H,2-4,6-7,11-12,15-16H2,1H3. The van der Waals surface area contributed by atoms with Gasteiger partial charge in [0.05, 0.1) is 35.4 Å². The number of carbonyl (C=O) groups excluding carboxylic acids is 1. The average molecular weight is 536 g/mol. The number of benzene rings is 1. The molecule has 188 valence electrons. The molecule has 1 aromatic carbocycles. The van der Waals surface area contributed by atoms with Crippen molar-refractivity contribution in [2.75, 3.05) is 37.7 Å². The van der Waals surface area contributed by atoms with E-state index in [1.807, 2.05) is 25.1 Å². The van der Waals surface area contributed by atoms with Gasteiger partial charge in [0.1, 0.15) is 9.96 Å². The number of piperidine rings is 1. The van der Waals surface area contributed by atoms with Crippen LogP contribution >= 0.6 is 22.7 Å². The van der Waals surface area contributed by atoms with E-state index in [-0.39, 0.29) is 18.6 Å². The molecule has 35 heavy (non-hydrogen) atoms. The second-order valence-electron chi connectivity index (χ2n) is 8.78. The summed E-state index contributed by atoms with van der Waals surface area (Å²) in [4.78, 5) is 20.4. The second kappa shape index (κ2) is 10.5. The maximum absolute atomic E-state index is 13.9. The molecule has 0 N–H and O–H groups in total. The fraction of sp³-hybridized carbons (Fsp3) is 0.500. The van der Waals surface area contributed by atoms with E-state index in [0.29, 0.717) is 48.5 Å². The molecule has 8 nitrogen and oxygen atoms in total. The lowest BCUT2D eigenvalue weighted by Gasteiger charge is -2.34. The Morgan fingerprint density at radius 2 is 2.17 bits per heavy atom. The molecule has 11 heteroatoms. The molecular weight excluding hydrogens is 506 g/mol. The zero-order valence-electron chi connectivity index (χ0n) is 19.6. The molecule has 0 saturated carbocycles. The fourth-order valence-corrected chi connectivity index (χ4v) is 8.32. The highest BCUT2D eigenvalue weighted by atomic mass is 32.2. The van der Waals surface area contributed by atoms with E-state index in [1.165, 1.54) is 27.0 Å². The van der Waals surface area contributed by atoms with Crippen LogP contribution in [0, 0.1) is 5.92 Å². The third kappa shape index (κ3) is 5.24. The van der Waals surface area contributed by atoms with E-state index in [2.05, 4.69) is 0 Å². The number of aromatic nitrogens is 1. The lowest BCUT2D eigenvalue weighted by Crippen LogP contribution is -2.48. The number of ether oxygens (including phenoxy) is 2. The summed E-state index contributed by atoms with van der Waals surface area (Å²) in [6, 6.07) is 9.09. The second-order valence-corrected chi connectivity index (χ2v) is 12.9. The van der Waals surface area contributed by atoms with Gasteiger partial charge in [0.25, 0.3) is 10.0 Å². The Hall–Kier alpha value is -2.05. The van der Waals surface area contributed by atoms with Crippen molar-refractivity contribution < 1.29 is 22.7 Å². The minimum atomic E-state index is -3.60. The lowest BCUT2D eigenvalue weighted by molar-refractivity contribution is -0.123. The highest BCUT2D eigenvalue weighted by Gasteiger charge is 2.37. The van der Waals surface area contributed by atoms with Crippen molar-refractivity contribution in [3.05, 3.63) is 35.7 Å². The van der Waals surface area contributed by atoms with Gasteiger partial charge in [-0.1, -0.05) is 17.4 Å². The fourth-order valence-electron chi connectivity index (χ4n) is 4.64. The molecule has 0 bridgehead atoms. The summed E-state index contributed by atoms with van der Waals surface area (Å²) in [5.41, 5.74) is 0.809. The summed E-state index contributed by atoms with van der Waals surface area (Å²) < 4.78 is 40.4. The molecule has 2 fully saturated rings. The van der Waals surface area contributed by atoms with Gasteiger partial charge in [0.15, 0.2) is 5.13 Å². The quantitative estimate of drug-likeness (QED) is 0.426. The van der Waals surface area contributed by atoms with Crippen LogP contribution < -0.4 is 9.64 Å². The van der Waals surface area contributed by atoms with Crippen molar-refractivity contribution in [2.45, 2.75) is 42.9 Å². The number of thiophene rings is 1. The highest BCUT2D eigenvalue weighted by Crippen LogP contribution is 2.34. The third-order valence-corrected chi connectivity index (χ3v) is 10.7. The van der Waals surface area contributed by atoms with Crippen molar-refractivity contribution in [3.63, 3.8) is 0 Å². The average Bonchev–Trinajstić information content (AvgIpc) is 3.64. The van der Waals surface area contributed by atoms with Crippen LogP contribution in [0.1, 0.15) is 32.6 Å². The number of hydrogen-bond acceptors (Lipinski definition) is 8. The zero-order valence-corrected chi connectivity index (χ0v) is 22.0. The molecular formula is C24H29N3O5S3. The van der Waals surface area contributed by atoms with Gasteiger partial charge in [0, 0.05) is 19.7 Å². The number of rotatable bonds is 8. The molecule has 5 rings (SSSR count). The number of thiazole rings is 1. The van der Waals surface area contributed by atoms with Crippen LogP contribution in [0.25, 0.3) is 10.2 Å². The first-order valence-corrected chi connectivity index (χ1v) is 15.1. The van der Waals surface area contributed by atoms with Gasteiger partial charge in [-0.15, -0.1) is 11.3 Å². The van der Waals surface area contributed by atoms with E-state index < -0.39 is 15.9 Å². The van der Waals surface area contributed by atoms with E-state index in [4.69, 9.17) is 14.5 Å². The molecule has 0 spiro atoms. The molecule has 1 amide bonds. The molecule has 0 radical (unpaired) electrons. The van der Waals surface area contributed by atoms with Gasteiger partial charge in [-0.2, -0.15) is 4.31 Å². The molecule has 2 atom stereocenters. The van der Waals surface area contributed by atoms with E-state index in [9.17, 15) is 13.2 Å². The largest absolute Gasteiger partial charge is 0.494 e. The lowest BCUT2D eigenvalue weighted by atomic mass is 9.98. The first-order valence-electron chi connectivity index (χ1n) is 12.0. The minimum absolute atomic E-state index is 0.0421. The van der Waals surface area contributed by atoms with Crippen molar-refractivity contribution in [1.82, 2.24) is 9.29 Å². The van der Waals surface area contributed by atoms with Crippen LogP contribution in [0.4, 0.5) is 5.13 Å². The normalized spacial score (nSPS) is 21.4. The summed E-state index contributed by atoms with van der Waals surface area (Å²) in [6.07, 6.45) is 3.12. The number of amides is 1. The minimum Gasteiger partial charge on any atom is -0.494 e. The van der Waals surface area contributed by atoms with Gasteiger partial charge >= 0.3 is 0 Å². The Morgan fingerprint density at radius 1 is 1.29 bits per heavy atom. The van der Waals surface area contributed by atoms with E-state index >= 15 is 0 Å². The van der Waals surface area contributed by atoms with Crippen LogP contribution in [-0.4, -0.2) is 62.6 Å². The Balaban J connectivity index is 1.41. The predicted molar refractivity (Wildman–Crippen MR) is 138 cm³/mol. The Labute approximate surface area is 213 Å². The van der Waals surface area contributed by atoms with Crippen molar-refractivity contribution in [2.24, 2.45) is 5.92 Å². The number of hydrogen-bond donors (Lipinski definition) is 0. The maximum atomic E-state index is 13.9. The number of nitrogens with zero attached hydrogens (tertiary/aromatic N) is 3. The molecule has 2 saturated heterocycles. The molecule has 2 aliphatic rings. The van der Waals surface area contributed by atoms with Gasteiger partial charge < -0.3 is 9.47 Å². The third-order valence-electron chi connectivity index (χ3n) is 6.39. The Morgan fingerprint density at radius 3 is 2.91 bits per heavy atom. The summed E-state index contributed by atoms with van der Waals surface area (Å²) >= 11 is 2.66. The van der Waals surface area contributed by atoms with Crippen LogP contribution in [-0.2, 0) is 19.6 Å². The molecule has 4 heterocycles. The highest BCUT2D eigenvalue weighted by molar-refractivity contribution is 7.91. The van der Waals surface area contributed by atoms with E-state index in [1.54, 1.807) is 22.4 Å². The summed E-state index contributed by atoms with van der Waals surface area (Å²) in [5.74, 6) is 0.260. The van der Waals surface area contributed by atoms with Crippen LogP contribution in [0.2, 0.25) is 0 Å². The smallest absolute Gasteiger partial charge is 0.252 e. The summed E-state index contributed by atoms with van der Waals surface area (Å²) in [7, 11) is -3.60. The Bertz CT molecular complexity index is 1270. The van der Waals surface area contributed by atoms with Crippen molar-refractivity contribution in [1.29, 1.82) is 0 Å². The number of fused-ring (bicyclic) bond motifs is 1. The van der Waals surface area contributed by atoms with Crippen LogP contribution in [0.5, 0.6) is 5.75 Å². The molecule has 3 aromatic rings. The van der Waals surface area contributed by atoms with E-state index in [0.717, 1.165) is 28.8 Å². The van der Waals surface area contributed by atoms with Crippen molar-refractivity contribution >= 4 is 54.0 Å². The molecule has 2 aliphatic heterocycles. The molecule has 0 aliphatic carbocycles. The van der Waals surface area contributed by atoms with Gasteiger partial charge in [-0.25, -0.2) is 13.4 Å². The monoisotopic (exact) mass is 535 g/mol. The van der Waals surface area contributed by atoms with Crippen LogP contribution in [0.3, 0.4) is 0 Å². The van der Waals surface area contributed by atoms with Crippen molar-refractivity contribution in [3.8, 4) is 5.75 Å². The topological polar surface area (TPSA) is 89.0 Å². The van der Waals surface area contributed by atoms with Crippen LogP contribution in [0.15, 0.2) is 39.9 Å². The summed E-state index contributed by atoms with van der Waals surface area (Å²) in [5, 5.41) is 2.37. The molecule has 2 unspecified atom stereocenters. The van der Waals surface area contributed by atoms with Gasteiger partial charge in [-0.05, 0) is 62.3 Å². The first kappa shape index (κ1) is 24.6. The van der Waals surface area contributed by atoms with Gasteiger partial charge in [-0.3, -0.25) is 9.69 Å². The first-order chi connectivity index (χ1) is 17.0. The molecule has 2 aromatic heterocycles. The zero-order chi connectivity index (χ0) is 24.4. The van der Waals surface area contributed by atoms with Gasteiger partial charge in [0.2, 0.25) is 5.91 Å². The Kier molecular flexibility index (Phi) is 7.40. The number of sulfonamides is 1. The predicted octanol–water partition coefficient (Wildman–Crippen LogP) is 4.37. The maximum Gasteiger partial charge on any atom is 0.252 e. The number of anilines is 1. The SMILES string of the molecule is CCOc1ccc2nc(N(CC3CCCO3)C(=O)C3CCCN(S(=O)(=O)c4cccs4)C3)sc2c1.